The van der Waals surface area contributed by atoms with E-state index in [0.29, 0.717) is 17.0 Å². The number of allylic oxidation sites excluding steroid dienone is 2. The van der Waals surface area contributed by atoms with Gasteiger partial charge in [0.05, 0.1) is 10.9 Å². The first kappa shape index (κ1) is 22.0. The molecule has 2 aromatic carbocycles. The zero-order chi connectivity index (χ0) is 22.2. The second-order valence-corrected chi connectivity index (χ2v) is 7.64. The van der Waals surface area contributed by atoms with Crippen LogP contribution in [0.2, 0.25) is 0 Å². The van der Waals surface area contributed by atoms with Gasteiger partial charge < -0.3 is 15.2 Å². The van der Waals surface area contributed by atoms with Crippen LogP contribution in [0.1, 0.15) is 28.8 Å². The van der Waals surface area contributed by atoms with E-state index in [2.05, 4.69) is 5.32 Å². The Kier molecular flexibility index (Phi) is 7.40. The molecule has 0 spiro atoms. The van der Waals surface area contributed by atoms with Crippen molar-refractivity contribution in [2.75, 3.05) is 11.9 Å². The fourth-order valence-corrected chi connectivity index (χ4v) is 3.65. The SMILES string of the molecule is O=C(CCCN1C(=O)SC(=CC=Cc2ccccc2)C1=O)Nc1ccc(C(=O)[O-])cc1. The van der Waals surface area contributed by atoms with Gasteiger partial charge in [-0.05, 0) is 47.5 Å². The number of rotatable bonds is 8. The van der Waals surface area contributed by atoms with E-state index in [1.807, 2.05) is 36.4 Å². The summed E-state index contributed by atoms with van der Waals surface area (Å²) < 4.78 is 0. The van der Waals surface area contributed by atoms with Crippen molar-refractivity contribution in [1.82, 2.24) is 4.90 Å². The van der Waals surface area contributed by atoms with Gasteiger partial charge in [0.15, 0.2) is 0 Å². The van der Waals surface area contributed by atoms with Gasteiger partial charge in [-0.15, -0.1) is 0 Å². The Morgan fingerprint density at radius 1 is 1.03 bits per heavy atom. The number of aromatic carboxylic acids is 1. The van der Waals surface area contributed by atoms with Gasteiger partial charge in [-0.2, -0.15) is 0 Å². The summed E-state index contributed by atoms with van der Waals surface area (Å²) >= 11 is 0.876. The van der Waals surface area contributed by atoms with Crippen molar-refractivity contribution in [2.24, 2.45) is 0 Å². The number of hydrogen-bond acceptors (Lipinski definition) is 6. The molecule has 31 heavy (non-hydrogen) atoms. The highest BCUT2D eigenvalue weighted by molar-refractivity contribution is 8.18. The predicted octanol–water partition coefficient (Wildman–Crippen LogP) is 3.06. The number of nitrogens with one attached hydrogen (secondary N) is 1. The molecule has 1 aliphatic heterocycles. The Morgan fingerprint density at radius 2 is 1.74 bits per heavy atom. The molecule has 1 heterocycles. The first-order valence-electron chi connectivity index (χ1n) is 9.52. The fraction of sp³-hybridized carbons (Fsp3) is 0.130. The number of carbonyl (C=O) groups is 4. The van der Waals surface area contributed by atoms with E-state index in [1.54, 1.807) is 12.2 Å². The lowest BCUT2D eigenvalue weighted by Gasteiger charge is -2.12. The number of thioether (sulfide) groups is 1. The monoisotopic (exact) mass is 435 g/mol. The summed E-state index contributed by atoms with van der Waals surface area (Å²) in [6, 6.07) is 15.2. The minimum Gasteiger partial charge on any atom is -0.545 e. The molecule has 1 saturated heterocycles. The van der Waals surface area contributed by atoms with Crippen molar-refractivity contribution in [3.63, 3.8) is 0 Å². The standard InChI is InChI=1S/C23H20N2O5S/c26-20(24-18-13-11-17(12-14-18)22(28)29)10-5-15-25-21(27)19(31-23(25)30)9-4-8-16-6-2-1-3-7-16/h1-4,6-9,11-14H,5,10,15H2,(H,24,26)(H,28,29)/p-1. The van der Waals surface area contributed by atoms with Gasteiger partial charge in [0, 0.05) is 18.7 Å². The topological polar surface area (TPSA) is 107 Å². The molecule has 2 aromatic rings. The smallest absolute Gasteiger partial charge is 0.293 e. The number of anilines is 1. The van der Waals surface area contributed by atoms with E-state index in [0.717, 1.165) is 22.2 Å². The Hall–Kier alpha value is -3.65. The number of nitrogens with zero attached hydrogens (tertiary/aromatic N) is 1. The maximum Gasteiger partial charge on any atom is 0.293 e. The fourth-order valence-electron chi connectivity index (χ4n) is 2.83. The van der Waals surface area contributed by atoms with Gasteiger partial charge in [-0.25, -0.2) is 0 Å². The Balaban J connectivity index is 1.47. The normalized spacial score (nSPS) is 15.1. The van der Waals surface area contributed by atoms with Crippen LogP contribution < -0.4 is 10.4 Å². The molecular weight excluding hydrogens is 416 g/mol. The zero-order valence-electron chi connectivity index (χ0n) is 16.4. The molecule has 0 aliphatic carbocycles. The van der Waals surface area contributed by atoms with Crippen LogP contribution in [0.15, 0.2) is 71.7 Å². The molecule has 7 nitrogen and oxygen atoms in total. The van der Waals surface area contributed by atoms with Crippen LogP contribution in [0.3, 0.4) is 0 Å². The molecule has 0 atom stereocenters. The molecule has 0 bridgehead atoms. The van der Waals surface area contributed by atoms with Crippen LogP contribution >= 0.6 is 11.8 Å². The summed E-state index contributed by atoms with van der Waals surface area (Å²) in [5.41, 5.74) is 1.46. The quantitative estimate of drug-likeness (QED) is 0.639. The minimum atomic E-state index is -1.29. The van der Waals surface area contributed by atoms with E-state index in [-0.39, 0.29) is 35.6 Å². The van der Waals surface area contributed by atoms with Crippen LogP contribution in [0.5, 0.6) is 0 Å². The van der Waals surface area contributed by atoms with E-state index >= 15 is 0 Å². The third-order valence-electron chi connectivity index (χ3n) is 4.40. The summed E-state index contributed by atoms with van der Waals surface area (Å²) in [4.78, 5) is 48.8. The molecule has 8 heteroatoms. The van der Waals surface area contributed by atoms with Gasteiger partial charge in [0.2, 0.25) is 5.91 Å². The molecule has 158 valence electrons. The number of carboxylic acid groups (broad SMARTS) is 1. The third-order valence-corrected chi connectivity index (χ3v) is 5.32. The molecular formula is C23H19N2O5S-. The molecule has 1 N–H and O–H groups in total. The van der Waals surface area contributed by atoms with Crippen molar-refractivity contribution in [2.45, 2.75) is 12.8 Å². The number of hydrogen-bond donors (Lipinski definition) is 1. The summed E-state index contributed by atoms with van der Waals surface area (Å²) in [6.07, 6.45) is 5.61. The molecule has 3 rings (SSSR count). The van der Waals surface area contributed by atoms with Gasteiger partial charge >= 0.3 is 0 Å². The average Bonchev–Trinajstić information content (AvgIpc) is 3.02. The minimum absolute atomic E-state index is 0.0176. The number of carbonyl (C=O) groups excluding carboxylic acids is 4. The van der Waals surface area contributed by atoms with Crippen molar-refractivity contribution in [3.8, 4) is 0 Å². The first-order valence-corrected chi connectivity index (χ1v) is 10.3. The Bertz CT molecular complexity index is 1050. The summed E-state index contributed by atoms with van der Waals surface area (Å²) in [7, 11) is 0. The molecule has 0 unspecified atom stereocenters. The predicted molar refractivity (Wildman–Crippen MR) is 117 cm³/mol. The molecule has 0 aromatic heterocycles. The molecule has 1 fully saturated rings. The summed E-state index contributed by atoms with van der Waals surface area (Å²) in [6.45, 7) is 0.140. The van der Waals surface area contributed by atoms with Crippen LogP contribution in [-0.2, 0) is 9.59 Å². The number of imide groups is 1. The highest BCUT2D eigenvalue weighted by Gasteiger charge is 2.34. The van der Waals surface area contributed by atoms with Gasteiger partial charge in [-0.1, -0.05) is 54.6 Å². The molecule has 1 aliphatic rings. The van der Waals surface area contributed by atoms with E-state index < -0.39 is 5.97 Å². The van der Waals surface area contributed by atoms with Gasteiger partial charge in [0.25, 0.3) is 11.1 Å². The van der Waals surface area contributed by atoms with E-state index in [9.17, 15) is 24.3 Å². The van der Waals surface area contributed by atoms with Crippen LogP contribution in [0, 0.1) is 0 Å². The van der Waals surface area contributed by atoms with Crippen LogP contribution in [0.25, 0.3) is 6.08 Å². The molecule has 3 amide bonds. The van der Waals surface area contributed by atoms with Crippen LogP contribution in [-0.4, -0.2) is 34.5 Å². The van der Waals surface area contributed by atoms with Crippen molar-refractivity contribution >= 4 is 46.5 Å². The lowest BCUT2D eigenvalue weighted by atomic mass is 10.2. The highest BCUT2D eigenvalue weighted by atomic mass is 32.2. The third kappa shape index (κ3) is 6.16. The largest absolute Gasteiger partial charge is 0.545 e. The second kappa shape index (κ2) is 10.4. The van der Waals surface area contributed by atoms with E-state index in [4.69, 9.17) is 0 Å². The molecule has 0 saturated carbocycles. The Labute approximate surface area is 183 Å². The maximum atomic E-state index is 12.4. The van der Waals surface area contributed by atoms with Gasteiger partial charge in [-0.3, -0.25) is 19.3 Å². The zero-order valence-corrected chi connectivity index (χ0v) is 17.3. The highest BCUT2D eigenvalue weighted by Crippen LogP contribution is 2.30. The molecule has 0 radical (unpaired) electrons. The lowest BCUT2D eigenvalue weighted by Crippen LogP contribution is -2.29. The van der Waals surface area contributed by atoms with Crippen LogP contribution in [0.4, 0.5) is 10.5 Å². The second-order valence-electron chi connectivity index (χ2n) is 6.64. The maximum absolute atomic E-state index is 12.4. The van der Waals surface area contributed by atoms with Crippen molar-refractivity contribution in [1.29, 1.82) is 0 Å². The first-order chi connectivity index (χ1) is 14.9. The van der Waals surface area contributed by atoms with Crippen molar-refractivity contribution in [3.05, 3.63) is 82.8 Å². The van der Waals surface area contributed by atoms with Crippen molar-refractivity contribution < 1.29 is 24.3 Å². The Morgan fingerprint density at radius 3 is 2.42 bits per heavy atom. The average molecular weight is 435 g/mol. The number of benzene rings is 2. The van der Waals surface area contributed by atoms with E-state index in [1.165, 1.54) is 24.3 Å². The number of amides is 3. The lowest BCUT2D eigenvalue weighted by molar-refractivity contribution is -0.255. The number of carboxylic acids is 1. The van der Waals surface area contributed by atoms with Gasteiger partial charge in [0.1, 0.15) is 0 Å². The summed E-state index contributed by atoms with van der Waals surface area (Å²) in [5.74, 6) is -1.96. The summed E-state index contributed by atoms with van der Waals surface area (Å²) in [5, 5.41) is 13.0.